The molecule has 0 aliphatic heterocycles. The molecular weight excluding hydrogens is 300 g/mol. The summed E-state index contributed by atoms with van der Waals surface area (Å²) in [7, 11) is 0. The normalized spacial score (nSPS) is 15.1. The van der Waals surface area contributed by atoms with E-state index >= 15 is 0 Å². The van der Waals surface area contributed by atoms with Crippen LogP contribution in [-0.4, -0.2) is 16.9 Å². The molecule has 0 radical (unpaired) electrons. The summed E-state index contributed by atoms with van der Waals surface area (Å²) < 4.78 is 5.70. The van der Waals surface area contributed by atoms with E-state index in [0.29, 0.717) is 35.6 Å². The second-order valence-electron chi connectivity index (χ2n) is 5.65. The zero-order valence-corrected chi connectivity index (χ0v) is 13.1. The minimum Gasteiger partial charge on any atom is -0.441 e. The third kappa shape index (κ3) is 3.69. The zero-order chi connectivity index (χ0) is 15.4. The van der Waals surface area contributed by atoms with Gasteiger partial charge >= 0.3 is 0 Å². The summed E-state index contributed by atoms with van der Waals surface area (Å²) in [5, 5.41) is 3.70. The van der Waals surface area contributed by atoms with Crippen molar-refractivity contribution in [3.63, 3.8) is 0 Å². The second-order valence-corrected chi connectivity index (χ2v) is 6.05. The molecule has 1 heterocycles. The summed E-state index contributed by atoms with van der Waals surface area (Å²) in [5.74, 6) is 1.28. The van der Waals surface area contributed by atoms with Crippen LogP contribution in [0, 0.1) is 0 Å². The van der Waals surface area contributed by atoms with Gasteiger partial charge in [0.25, 0.3) is 0 Å². The fraction of sp³-hybridized carbons (Fsp3) is 0.412. The van der Waals surface area contributed by atoms with Gasteiger partial charge in [0.15, 0.2) is 11.7 Å². The molecule has 0 bridgehead atoms. The molecule has 1 aliphatic carbocycles. The topological polar surface area (TPSA) is 55.1 Å². The number of carbonyl (C=O) groups excluding carboxylic acids is 1. The van der Waals surface area contributed by atoms with Crippen LogP contribution in [0.15, 0.2) is 34.9 Å². The molecule has 1 aromatic heterocycles. The van der Waals surface area contributed by atoms with E-state index in [0.717, 1.165) is 18.4 Å². The number of halogens is 1. The van der Waals surface area contributed by atoms with Crippen molar-refractivity contribution in [1.82, 2.24) is 10.3 Å². The quantitative estimate of drug-likeness (QED) is 0.907. The van der Waals surface area contributed by atoms with Gasteiger partial charge in [-0.15, -0.1) is 0 Å². The maximum Gasteiger partial charge on any atom is 0.220 e. The lowest BCUT2D eigenvalue weighted by Crippen LogP contribution is -2.32. The van der Waals surface area contributed by atoms with E-state index in [-0.39, 0.29) is 5.91 Å². The Labute approximate surface area is 134 Å². The van der Waals surface area contributed by atoms with Gasteiger partial charge in [-0.05, 0) is 25.0 Å². The van der Waals surface area contributed by atoms with Gasteiger partial charge < -0.3 is 9.73 Å². The van der Waals surface area contributed by atoms with E-state index in [1.54, 1.807) is 6.20 Å². The van der Waals surface area contributed by atoms with Crippen LogP contribution >= 0.6 is 11.6 Å². The Bertz CT molecular complexity index is 648. The van der Waals surface area contributed by atoms with Gasteiger partial charge in [0.1, 0.15) is 0 Å². The first-order valence-corrected chi connectivity index (χ1v) is 8.09. The van der Waals surface area contributed by atoms with Crippen molar-refractivity contribution < 1.29 is 9.21 Å². The lowest BCUT2D eigenvalue weighted by atomic mass is 10.2. The minimum absolute atomic E-state index is 0.0735. The maximum absolute atomic E-state index is 11.9. The Kier molecular flexibility index (Phi) is 4.78. The SMILES string of the molecule is O=C(CCc1ncc(-c2ccccc2Cl)o1)NC1CCCC1. The molecule has 4 nitrogen and oxygen atoms in total. The number of nitrogens with zero attached hydrogens (tertiary/aromatic N) is 1. The van der Waals surface area contributed by atoms with Gasteiger partial charge in [-0.2, -0.15) is 0 Å². The number of carbonyl (C=O) groups is 1. The van der Waals surface area contributed by atoms with Gasteiger partial charge in [-0.1, -0.05) is 36.6 Å². The van der Waals surface area contributed by atoms with Gasteiger partial charge in [0, 0.05) is 24.4 Å². The average Bonchev–Trinajstić information content (AvgIpc) is 3.17. The molecule has 0 spiro atoms. The van der Waals surface area contributed by atoms with Crippen molar-refractivity contribution in [1.29, 1.82) is 0 Å². The predicted molar refractivity (Wildman–Crippen MR) is 85.7 cm³/mol. The van der Waals surface area contributed by atoms with E-state index in [1.165, 1.54) is 12.8 Å². The first kappa shape index (κ1) is 15.1. The predicted octanol–water partition coefficient (Wildman–Crippen LogP) is 3.99. The Balaban J connectivity index is 1.55. The van der Waals surface area contributed by atoms with Crippen molar-refractivity contribution >= 4 is 17.5 Å². The summed E-state index contributed by atoms with van der Waals surface area (Å²) in [6.07, 6.45) is 7.19. The first-order chi connectivity index (χ1) is 10.7. The number of benzene rings is 1. The third-order valence-electron chi connectivity index (χ3n) is 3.98. The summed E-state index contributed by atoms with van der Waals surface area (Å²) in [5.41, 5.74) is 0.818. The van der Waals surface area contributed by atoms with E-state index in [9.17, 15) is 4.79 Å². The van der Waals surface area contributed by atoms with Gasteiger partial charge in [-0.3, -0.25) is 4.79 Å². The fourth-order valence-corrected chi connectivity index (χ4v) is 3.03. The van der Waals surface area contributed by atoms with Crippen molar-refractivity contribution in [2.24, 2.45) is 0 Å². The van der Waals surface area contributed by atoms with Crippen LogP contribution < -0.4 is 5.32 Å². The molecule has 0 atom stereocenters. The van der Waals surface area contributed by atoms with E-state index in [1.807, 2.05) is 24.3 Å². The maximum atomic E-state index is 11.9. The van der Waals surface area contributed by atoms with E-state index < -0.39 is 0 Å². The lowest BCUT2D eigenvalue weighted by molar-refractivity contribution is -0.121. The molecule has 5 heteroatoms. The monoisotopic (exact) mass is 318 g/mol. The lowest BCUT2D eigenvalue weighted by Gasteiger charge is -2.10. The molecule has 0 saturated heterocycles. The summed E-state index contributed by atoms with van der Waals surface area (Å²) in [4.78, 5) is 16.1. The molecule has 1 N–H and O–H groups in total. The van der Waals surface area contributed by atoms with Crippen LogP contribution in [0.5, 0.6) is 0 Å². The van der Waals surface area contributed by atoms with Crippen molar-refractivity contribution in [2.45, 2.75) is 44.6 Å². The number of aryl methyl sites for hydroxylation is 1. The molecule has 116 valence electrons. The number of aromatic nitrogens is 1. The number of nitrogens with one attached hydrogen (secondary N) is 1. The largest absolute Gasteiger partial charge is 0.441 e. The number of oxazole rings is 1. The second kappa shape index (κ2) is 6.97. The van der Waals surface area contributed by atoms with Crippen molar-refractivity contribution in [3.05, 3.63) is 41.4 Å². The van der Waals surface area contributed by atoms with Crippen LogP contribution in [0.3, 0.4) is 0 Å². The molecule has 22 heavy (non-hydrogen) atoms. The number of hydrogen-bond donors (Lipinski definition) is 1. The Morgan fingerprint density at radius 2 is 2.09 bits per heavy atom. The Morgan fingerprint density at radius 1 is 1.32 bits per heavy atom. The van der Waals surface area contributed by atoms with Gasteiger partial charge in [-0.25, -0.2) is 4.98 Å². The van der Waals surface area contributed by atoms with Crippen LogP contribution in [0.4, 0.5) is 0 Å². The number of rotatable bonds is 5. The molecule has 3 rings (SSSR count). The van der Waals surface area contributed by atoms with Crippen LogP contribution in [0.1, 0.15) is 38.0 Å². The average molecular weight is 319 g/mol. The molecule has 1 amide bonds. The number of hydrogen-bond acceptors (Lipinski definition) is 3. The third-order valence-corrected chi connectivity index (χ3v) is 4.31. The smallest absolute Gasteiger partial charge is 0.220 e. The highest BCUT2D eigenvalue weighted by atomic mass is 35.5. The Morgan fingerprint density at radius 3 is 2.86 bits per heavy atom. The van der Waals surface area contributed by atoms with Gasteiger partial charge in [0.2, 0.25) is 5.91 Å². The highest BCUT2D eigenvalue weighted by Gasteiger charge is 2.17. The van der Waals surface area contributed by atoms with E-state index in [2.05, 4.69) is 10.3 Å². The molecule has 0 unspecified atom stereocenters. The molecule has 1 aliphatic rings. The first-order valence-electron chi connectivity index (χ1n) is 7.71. The van der Waals surface area contributed by atoms with Gasteiger partial charge in [0.05, 0.1) is 11.2 Å². The summed E-state index contributed by atoms with van der Waals surface area (Å²) >= 11 is 6.14. The Hall–Kier alpha value is -1.81. The van der Waals surface area contributed by atoms with Crippen LogP contribution in [-0.2, 0) is 11.2 Å². The highest BCUT2D eigenvalue weighted by Crippen LogP contribution is 2.28. The summed E-state index contributed by atoms with van der Waals surface area (Å²) in [6.45, 7) is 0. The minimum atomic E-state index is 0.0735. The molecular formula is C17H19ClN2O2. The van der Waals surface area contributed by atoms with Crippen LogP contribution in [0.25, 0.3) is 11.3 Å². The molecule has 1 aromatic carbocycles. The number of amides is 1. The zero-order valence-electron chi connectivity index (χ0n) is 12.3. The fourth-order valence-electron chi connectivity index (χ4n) is 2.80. The standard InChI is InChI=1S/C17H19ClN2O2/c18-14-8-4-3-7-13(14)15-11-19-17(22-15)10-9-16(21)20-12-5-1-2-6-12/h3-4,7-8,11-12H,1-2,5-6,9-10H2,(H,20,21). The van der Waals surface area contributed by atoms with Crippen molar-refractivity contribution in [2.75, 3.05) is 0 Å². The van der Waals surface area contributed by atoms with Crippen LogP contribution in [0.2, 0.25) is 5.02 Å². The molecule has 2 aromatic rings. The van der Waals surface area contributed by atoms with E-state index in [4.69, 9.17) is 16.0 Å². The van der Waals surface area contributed by atoms with Crippen molar-refractivity contribution in [3.8, 4) is 11.3 Å². The molecule has 1 fully saturated rings. The highest BCUT2D eigenvalue weighted by molar-refractivity contribution is 6.33. The summed E-state index contributed by atoms with van der Waals surface area (Å²) in [6, 6.07) is 7.83. The molecule has 1 saturated carbocycles.